The number of hydrogen-bond acceptors (Lipinski definition) is 5. The number of carboxylic acid groups (broad SMARTS) is 1. The van der Waals surface area contributed by atoms with Crippen LogP contribution in [0.2, 0.25) is 0 Å². The van der Waals surface area contributed by atoms with Gasteiger partial charge in [0.1, 0.15) is 0 Å². The highest BCUT2D eigenvalue weighted by atomic mass is 32.2. The largest absolute Gasteiger partial charge is 0.481 e. The van der Waals surface area contributed by atoms with E-state index in [1.807, 2.05) is 0 Å². The van der Waals surface area contributed by atoms with Crippen molar-refractivity contribution < 1.29 is 23.1 Å². The minimum absolute atomic E-state index is 0.122. The number of rotatable bonds is 8. The molecule has 0 radical (unpaired) electrons. The van der Waals surface area contributed by atoms with Crippen molar-refractivity contribution in [3.63, 3.8) is 0 Å². The summed E-state index contributed by atoms with van der Waals surface area (Å²) in [6.45, 7) is 5.42. The quantitative estimate of drug-likeness (QED) is 0.626. The van der Waals surface area contributed by atoms with Gasteiger partial charge in [-0.3, -0.25) is 9.69 Å². The Morgan fingerprint density at radius 3 is 2.89 bits per heavy atom. The highest BCUT2D eigenvalue weighted by Crippen LogP contribution is 2.04. The molecule has 1 aliphatic rings. The molecule has 2 N–H and O–H groups in total. The lowest BCUT2D eigenvalue weighted by molar-refractivity contribution is -0.137. The van der Waals surface area contributed by atoms with Crippen LogP contribution in [0.3, 0.4) is 0 Å². The maximum absolute atomic E-state index is 11.6. The minimum Gasteiger partial charge on any atom is -0.481 e. The summed E-state index contributed by atoms with van der Waals surface area (Å²) in [6, 6.07) is 0. The molecule has 0 aliphatic carbocycles. The Balaban J connectivity index is 2.28. The highest BCUT2D eigenvalue weighted by molar-refractivity contribution is 7.89. The molecular formula is C11H22N2O5S. The van der Waals surface area contributed by atoms with E-state index in [1.165, 1.54) is 0 Å². The van der Waals surface area contributed by atoms with Crippen LogP contribution in [0.1, 0.15) is 19.8 Å². The molecular weight excluding hydrogens is 272 g/mol. The number of hydrogen-bond donors (Lipinski definition) is 2. The van der Waals surface area contributed by atoms with Crippen LogP contribution in [0.5, 0.6) is 0 Å². The van der Waals surface area contributed by atoms with Crippen LogP contribution in [-0.4, -0.2) is 69.0 Å². The molecule has 0 bridgehead atoms. The average Bonchev–Trinajstić information content (AvgIpc) is 2.36. The lowest BCUT2D eigenvalue weighted by Crippen LogP contribution is -2.47. The lowest BCUT2D eigenvalue weighted by Gasteiger charge is -2.32. The first kappa shape index (κ1) is 16.4. The number of carboxylic acids is 1. The molecule has 7 nitrogen and oxygen atoms in total. The lowest BCUT2D eigenvalue weighted by atomic mass is 10.3. The first-order valence-electron chi connectivity index (χ1n) is 6.46. The van der Waals surface area contributed by atoms with E-state index in [0.717, 1.165) is 13.1 Å². The summed E-state index contributed by atoms with van der Waals surface area (Å²) in [5.41, 5.74) is 0. The minimum atomic E-state index is -3.41. The zero-order valence-corrected chi connectivity index (χ0v) is 12.0. The van der Waals surface area contributed by atoms with Crippen molar-refractivity contribution in [1.29, 1.82) is 0 Å². The molecule has 1 atom stereocenters. The molecule has 1 fully saturated rings. The molecule has 0 saturated carbocycles. The summed E-state index contributed by atoms with van der Waals surface area (Å²) in [6.07, 6.45) is -0.148. The van der Waals surface area contributed by atoms with E-state index in [-0.39, 0.29) is 31.2 Å². The molecule has 1 aliphatic heterocycles. The van der Waals surface area contributed by atoms with E-state index in [0.29, 0.717) is 13.2 Å². The topological polar surface area (TPSA) is 95.9 Å². The van der Waals surface area contributed by atoms with Gasteiger partial charge in [0.05, 0.1) is 18.5 Å². The molecule has 1 unspecified atom stereocenters. The third-order valence-electron chi connectivity index (χ3n) is 3.00. The van der Waals surface area contributed by atoms with Crippen molar-refractivity contribution in [2.45, 2.75) is 25.9 Å². The monoisotopic (exact) mass is 294 g/mol. The first-order valence-corrected chi connectivity index (χ1v) is 8.11. The standard InChI is InChI=1S/C11H22N2O5S/c1-2-13-5-6-18-10(9-13)8-12-19(16,17)7-3-4-11(14)15/h10,12H,2-9H2,1H3,(H,14,15). The maximum atomic E-state index is 11.6. The van der Waals surface area contributed by atoms with Crippen LogP contribution < -0.4 is 4.72 Å². The van der Waals surface area contributed by atoms with Gasteiger partial charge in [-0.15, -0.1) is 0 Å². The third-order valence-corrected chi connectivity index (χ3v) is 4.44. The van der Waals surface area contributed by atoms with Crippen LogP contribution in [0.15, 0.2) is 0 Å². The van der Waals surface area contributed by atoms with E-state index < -0.39 is 16.0 Å². The smallest absolute Gasteiger partial charge is 0.303 e. The van der Waals surface area contributed by atoms with Gasteiger partial charge in [0.15, 0.2) is 0 Å². The van der Waals surface area contributed by atoms with Crippen LogP contribution >= 0.6 is 0 Å². The van der Waals surface area contributed by atoms with Gasteiger partial charge in [-0.05, 0) is 13.0 Å². The molecule has 112 valence electrons. The van der Waals surface area contributed by atoms with Crippen LogP contribution in [-0.2, 0) is 19.6 Å². The third kappa shape index (κ3) is 6.86. The maximum Gasteiger partial charge on any atom is 0.303 e. The van der Waals surface area contributed by atoms with Gasteiger partial charge in [-0.25, -0.2) is 13.1 Å². The Morgan fingerprint density at radius 2 is 2.26 bits per heavy atom. The van der Waals surface area contributed by atoms with Crippen molar-refractivity contribution in [3.8, 4) is 0 Å². The van der Waals surface area contributed by atoms with Gasteiger partial charge in [-0.1, -0.05) is 6.92 Å². The Labute approximate surface area is 114 Å². The Kier molecular flexibility index (Phi) is 6.70. The van der Waals surface area contributed by atoms with Crippen LogP contribution in [0.25, 0.3) is 0 Å². The number of sulfonamides is 1. The fourth-order valence-corrected chi connectivity index (χ4v) is 3.01. The van der Waals surface area contributed by atoms with E-state index in [2.05, 4.69) is 16.5 Å². The van der Waals surface area contributed by atoms with Gasteiger partial charge in [-0.2, -0.15) is 0 Å². The summed E-state index contributed by atoms with van der Waals surface area (Å²) in [5, 5.41) is 8.46. The summed E-state index contributed by atoms with van der Waals surface area (Å²) in [7, 11) is -3.41. The summed E-state index contributed by atoms with van der Waals surface area (Å²) < 4.78 is 31.2. The van der Waals surface area contributed by atoms with Crippen molar-refractivity contribution in [1.82, 2.24) is 9.62 Å². The van der Waals surface area contributed by atoms with Crippen LogP contribution in [0.4, 0.5) is 0 Å². The average molecular weight is 294 g/mol. The van der Waals surface area contributed by atoms with Gasteiger partial charge >= 0.3 is 5.97 Å². The molecule has 0 aromatic carbocycles. The number of likely N-dealkylation sites (N-methyl/N-ethyl adjacent to an activating group) is 1. The van der Waals surface area contributed by atoms with Gasteiger partial charge in [0.25, 0.3) is 0 Å². The van der Waals surface area contributed by atoms with Crippen molar-refractivity contribution >= 4 is 16.0 Å². The molecule has 8 heteroatoms. The summed E-state index contributed by atoms with van der Waals surface area (Å²) >= 11 is 0. The molecule has 19 heavy (non-hydrogen) atoms. The Morgan fingerprint density at radius 1 is 1.53 bits per heavy atom. The number of ether oxygens (including phenoxy) is 1. The molecule has 0 aromatic heterocycles. The van der Waals surface area contributed by atoms with Crippen molar-refractivity contribution in [3.05, 3.63) is 0 Å². The Bertz CT molecular complexity index is 385. The van der Waals surface area contributed by atoms with Gasteiger partial charge in [0, 0.05) is 26.1 Å². The van der Waals surface area contributed by atoms with E-state index in [1.54, 1.807) is 0 Å². The summed E-state index contributed by atoms with van der Waals surface area (Å²) in [5.74, 6) is -1.15. The zero-order valence-electron chi connectivity index (χ0n) is 11.2. The van der Waals surface area contributed by atoms with E-state index >= 15 is 0 Å². The predicted molar refractivity (Wildman–Crippen MR) is 70.5 cm³/mol. The molecule has 0 amide bonds. The first-order chi connectivity index (χ1) is 8.93. The highest BCUT2D eigenvalue weighted by Gasteiger charge is 2.21. The second kappa shape index (κ2) is 7.78. The van der Waals surface area contributed by atoms with Crippen molar-refractivity contribution in [2.75, 3.05) is 38.5 Å². The summed E-state index contributed by atoms with van der Waals surface area (Å²) in [4.78, 5) is 12.5. The van der Waals surface area contributed by atoms with Crippen molar-refractivity contribution in [2.24, 2.45) is 0 Å². The van der Waals surface area contributed by atoms with E-state index in [9.17, 15) is 13.2 Å². The second-order valence-corrected chi connectivity index (χ2v) is 6.48. The van der Waals surface area contributed by atoms with Gasteiger partial charge < -0.3 is 9.84 Å². The SMILES string of the molecule is CCN1CCOC(CNS(=O)(=O)CCCC(=O)O)C1. The number of nitrogens with one attached hydrogen (secondary N) is 1. The zero-order chi connectivity index (χ0) is 14.3. The number of carbonyl (C=O) groups is 1. The molecule has 1 rings (SSSR count). The fraction of sp³-hybridized carbons (Fsp3) is 0.909. The number of morpholine rings is 1. The Hall–Kier alpha value is -0.700. The van der Waals surface area contributed by atoms with E-state index in [4.69, 9.17) is 9.84 Å². The number of aliphatic carboxylic acids is 1. The predicted octanol–water partition coefficient (Wildman–Crippen LogP) is -0.509. The molecule has 1 heterocycles. The second-order valence-electron chi connectivity index (χ2n) is 4.55. The molecule has 0 aromatic rings. The molecule has 0 spiro atoms. The normalized spacial score (nSPS) is 21.4. The number of nitrogens with zero attached hydrogens (tertiary/aromatic N) is 1. The van der Waals surface area contributed by atoms with Gasteiger partial charge in [0.2, 0.25) is 10.0 Å². The fourth-order valence-electron chi connectivity index (χ4n) is 1.90. The molecule has 1 saturated heterocycles. The van der Waals surface area contributed by atoms with Crippen LogP contribution in [0, 0.1) is 0 Å².